The third-order valence-electron chi connectivity index (χ3n) is 3.75. The lowest BCUT2D eigenvalue weighted by atomic mass is 10.2. The minimum atomic E-state index is -0.131. The first kappa shape index (κ1) is 14.3. The van der Waals surface area contributed by atoms with E-state index in [1.807, 2.05) is 44.2 Å². The van der Waals surface area contributed by atoms with Crippen molar-refractivity contribution in [1.29, 1.82) is 0 Å². The molecule has 1 aromatic carbocycles. The third kappa shape index (κ3) is 2.72. The van der Waals surface area contributed by atoms with E-state index < -0.39 is 0 Å². The van der Waals surface area contributed by atoms with Crippen LogP contribution in [0.1, 0.15) is 25.6 Å². The van der Waals surface area contributed by atoms with E-state index in [4.69, 9.17) is 4.42 Å². The van der Waals surface area contributed by atoms with Crippen LogP contribution in [0.2, 0.25) is 0 Å². The van der Waals surface area contributed by atoms with Gasteiger partial charge in [-0.2, -0.15) is 5.10 Å². The number of hydrogen-bond acceptors (Lipinski definition) is 4. The Balaban J connectivity index is 1.81. The van der Waals surface area contributed by atoms with Crippen LogP contribution in [-0.2, 0) is 11.3 Å². The Bertz CT molecular complexity index is 730. The molecule has 3 rings (SSSR count). The van der Waals surface area contributed by atoms with Crippen molar-refractivity contribution in [3.8, 4) is 0 Å². The van der Waals surface area contributed by atoms with Crippen LogP contribution in [0.4, 0.5) is 0 Å². The van der Waals surface area contributed by atoms with E-state index in [-0.39, 0.29) is 18.5 Å². The van der Waals surface area contributed by atoms with Crippen molar-refractivity contribution in [2.24, 2.45) is 0 Å². The molecule has 0 aliphatic heterocycles. The van der Waals surface area contributed by atoms with Crippen molar-refractivity contribution < 1.29 is 9.21 Å². The van der Waals surface area contributed by atoms with Gasteiger partial charge in [0.1, 0.15) is 30.5 Å². The smallest absolute Gasteiger partial charge is 0.244 e. The molecule has 0 aliphatic carbocycles. The number of fused-ring (bicyclic) bond motifs is 1. The normalized spacial score (nSPS) is 12.5. The molecule has 0 unspecified atom stereocenters. The molecular weight excluding hydrogens is 280 g/mol. The lowest BCUT2D eigenvalue weighted by Crippen LogP contribution is -2.35. The van der Waals surface area contributed by atoms with Gasteiger partial charge in [-0.25, -0.2) is 9.67 Å². The van der Waals surface area contributed by atoms with Gasteiger partial charge in [-0.3, -0.25) is 4.79 Å². The first-order chi connectivity index (χ1) is 10.7. The predicted molar refractivity (Wildman–Crippen MR) is 82.0 cm³/mol. The molecule has 0 bridgehead atoms. The number of hydrogen-bond donors (Lipinski definition) is 0. The number of likely N-dealkylation sites (N-methyl/N-ethyl adjacent to an activating group) is 1. The van der Waals surface area contributed by atoms with Gasteiger partial charge in [0.15, 0.2) is 0 Å². The van der Waals surface area contributed by atoms with Crippen molar-refractivity contribution in [2.75, 3.05) is 6.54 Å². The van der Waals surface area contributed by atoms with Crippen LogP contribution in [-0.4, -0.2) is 32.1 Å². The number of para-hydroxylation sites is 1. The van der Waals surface area contributed by atoms with Crippen LogP contribution >= 0.6 is 0 Å². The lowest BCUT2D eigenvalue weighted by molar-refractivity contribution is -0.134. The minimum Gasteiger partial charge on any atom is -0.459 e. The summed E-state index contributed by atoms with van der Waals surface area (Å²) in [5.41, 5.74) is 0.837. The Morgan fingerprint density at radius 3 is 2.91 bits per heavy atom. The van der Waals surface area contributed by atoms with Crippen molar-refractivity contribution in [1.82, 2.24) is 19.7 Å². The molecule has 0 saturated heterocycles. The molecule has 0 aliphatic rings. The fraction of sp³-hybridized carbons (Fsp3) is 0.312. The zero-order chi connectivity index (χ0) is 15.5. The highest BCUT2D eigenvalue weighted by atomic mass is 16.3. The molecule has 1 amide bonds. The molecular formula is C16H18N4O2. The molecule has 0 N–H and O–H groups in total. The summed E-state index contributed by atoms with van der Waals surface area (Å²) >= 11 is 0. The maximum Gasteiger partial charge on any atom is 0.244 e. The Labute approximate surface area is 128 Å². The number of nitrogens with zero attached hydrogens (tertiary/aromatic N) is 4. The van der Waals surface area contributed by atoms with E-state index in [0.29, 0.717) is 6.54 Å². The molecule has 2 heterocycles. The standard InChI is InChI=1S/C16H18N4O2/c1-3-20(16(21)9-19-11-17-10-18-19)12(2)15-8-13-6-4-5-7-14(13)22-15/h4-8,10-12H,3,9H2,1-2H3/t12-/m1/s1. The maximum absolute atomic E-state index is 12.5. The minimum absolute atomic E-state index is 0.0130. The summed E-state index contributed by atoms with van der Waals surface area (Å²) in [5.74, 6) is 0.774. The average molecular weight is 298 g/mol. The van der Waals surface area contributed by atoms with Gasteiger partial charge in [0.25, 0.3) is 0 Å². The van der Waals surface area contributed by atoms with Crippen molar-refractivity contribution >= 4 is 16.9 Å². The summed E-state index contributed by atoms with van der Waals surface area (Å²) in [6.45, 7) is 4.71. The van der Waals surface area contributed by atoms with Gasteiger partial charge in [0, 0.05) is 11.9 Å². The van der Waals surface area contributed by atoms with Crippen LogP contribution < -0.4 is 0 Å². The van der Waals surface area contributed by atoms with E-state index in [9.17, 15) is 4.79 Å². The monoisotopic (exact) mass is 298 g/mol. The Hall–Kier alpha value is -2.63. The second-order valence-corrected chi connectivity index (χ2v) is 5.14. The molecule has 0 spiro atoms. The second kappa shape index (κ2) is 6.01. The highest BCUT2D eigenvalue weighted by Crippen LogP contribution is 2.27. The summed E-state index contributed by atoms with van der Waals surface area (Å²) in [5, 5.41) is 5.02. The van der Waals surface area contributed by atoms with Crippen LogP contribution in [0.15, 0.2) is 47.4 Å². The number of benzene rings is 1. The van der Waals surface area contributed by atoms with E-state index in [1.165, 1.54) is 17.3 Å². The zero-order valence-corrected chi connectivity index (χ0v) is 12.6. The SMILES string of the molecule is CCN(C(=O)Cn1cncn1)[C@H](C)c1cc2ccccc2o1. The molecule has 22 heavy (non-hydrogen) atoms. The quantitative estimate of drug-likeness (QED) is 0.726. The number of aromatic nitrogens is 3. The van der Waals surface area contributed by atoms with Crippen molar-refractivity contribution in [3.63, 3.8) is 0 Å². The van der Waals surface area contributed by atoms with Crippen LogP contribution in [0, 0.1) is 0 Å². The number of rotatable bonds is 5. The van der Waals surface area contributed by atoms with Gasteiger partial charge in [0.2, 0.25) is 5.91 Å². The molecule has 0 saturated carbocycles. The van der Waals surface area contributed by atoms with E-state index in [0.717, 1.165) is 16.7 Å². The summed E-state index contributed by atoms with van der Waals surface area (Å²) in [4.78, 5) is 18.1. The molecule has 3 aromatic rings. The Morgan fingerprint density at radius 1 is 1.41 bits per heavy atom. The van der Waals surface area contributed by atoms with Crippen LogP contribution in [0.25, 0.3) is 11.0 Å². The van der Waals surface area contributed by atoms with Gasteiger partial charge in [-0.1, -0.05) is 18.2 Å². The van der Waals surface area contributed by atoms with E-state index >= 15 is 0 Å². The Kier molecular flexibility index (Phi) is 3.91. The largest absolute Gasteiger partial charge is 0.459 e. The first-order valence-corrected chi connectivity index (χ1v) is 7.29. The van der Waals surface area contributed by atoms with Gasteiger partial charge >= 0.3 is 0 Å². The molecule has 114 valence electrons. The summed E-state index contributed by atoms with van der Waals surface area (Å²) in [6.07, 6.45) is 2.96. The molecule has 6 heteroatoms. The van der Waals surface area contributed by atoms with Gasteiger partial charge in [-0.15, -0.1) is 0 Å². The number of amides is 1. The highest BCUT2D eigenvalue weighted by molar-refractivity contribution is 5.79. The molecule has 1 atom stereocenters. The summed E-state index contributed by atoms with van der Waals surface area (Å²) < 4.78 is 7.39. The first-order valence-electron chi connectivity index (χ1n) is 7.29. The number of carbonyl (C=O) groups excluding carboxylic acids is 1. The highest BCUT2D eigenvalue weighted by Gasteiger charge is 2.23. The molecule has 6 nitrogen and oxygen atoms in total. The fourth-order valence-corrected chi connectivity index (χ4v) is 2.57. The third-order valence-corrected chi connectivity index (χ3v) is 3.75. The average Bonchev–Trinajstić information content (AvgIpc) is 3.16. The molecule has 2 aromatic heterocycles. The fourth-order valence-electron chi connectivity index (χ4n) is 2.57. The molecule has 0 radical (unpaired) electrons. The lowest BCUT2D eigenvalue weighted by Gasteiger charge is -2.26. The van der Waals surface area contributed by atoms with Gasteiger partial charge < -0.3 is 9.32 Å². The van der Waals surface area contributed by atoms with Gasteiger partial charge in [0.05, 0.1) is 6.04 Å². The number of furan rings is 1. The molecule has 0 fully saturated rings. The van der Waals surface area contributed by atoms with Gasteiger partial charge in [-0.05, 0) is 26.0 Å². The topological polar surface area (TPSA) is 64.2 Å². The predicted octanol–water partition coefficient (Wildman–Crippen LogP) is 2.63. The van der Waals surface area contributed by atoms with E-state index in [1.54, 1.807) is 4.90 Å². The zero-order valence-electron chi connectivity index (χ0n) is 12.6. The maximum atomic E-state index is 12.5. The van der Waals surface area contributed by atoms with Crippen molar-refractivity contribution in [3.05, 3.63) is 48.7 Å². The second-order valence-electron chi connectivity index (χ2n) is 5.14. The summed E-state index contributed by atoms with van der Waals surface area (Å²) in [6, 6.07) is 9.70. The Morgan fingerprint density at radius 2 is 2.23 bits per heavy atom. The number of carbonyl (C=O) groups is 1. The van der Waals surface area contributed by atoms with Crippen molar-refractivity contribution in [2.45, 2.75) is 26.4 Å². The van der Waals surface area contributed by atoms with E-state index in [2.05, 4.69) is 10.1 Å². The summed E-state index contributed by atoms with van der Waals surface area (Å²) in [7, 11) is 0. The van der Waals surface area contributed by atoms with Crippen LogP contribution in [0.5, 0.6) is 0 Å². The van der Waals surface area contributed by atoms with Crippen LogP contribution in [0.3, 0.4) is 0 Å².